The summed E-state index contributed by atoms with van der Waals surface area (Å²) < 4.78 is 5.25. The van der Waals surface area contributed by atoms with Crippen molar-refractivity contribution in [3.63, 3.8) is 0 Å². The summed E-state index contributed by atoms with van der Waals surface area (Å²) in [6.45, 7) is 6.33. The molecule has 1 saturated heterocycles. The van der Waals surface area contributed by atoms with Crippen molar-refractivity contribution in [2.75, 3.05) is 39.4 Å². The highest BCUT2D eigenvalue weighted by Gasteiger charge is 2.14. The maximum absolute atomic E-state index is 12.0. The van der Waals surface area contributed by atoms with E-state index < -0.39 is 0 Å². The molecule has 1 aromatic heterocycles. The Hall–Kier alpha value is -1.66. The van der Waals surface area contributed by atoms with Gasteiger partial charge in [-0.3, -0.25) is 14.5 Å². The van der Waals surface area contributed by atoms with Gasteiger partial charge >= 0.3 is 0 Å². The lowest BCUT2D eigenvalue weighted by Crippen LogP contribution is -2.42. The van der Waals surface area contributed by atoms with Gasteiger partial charge in [-0.15, -0.1) is 0 Å². The number of morpholine rings is 1. The molecule has 6 heteroatoms. The van der Waals surface area contributed by atoms with Crippen molar-refractivity contribution >= 4 is 5.91 Å². The predicted molar refractivity (Wildman–Crippen MR) is 71.4 cm³/mol. The van der Waals surface area contributed by atoms with Crippen LogP contribution >= 0.6 is 0 Å². The zero-order valence-corrected chi connectivity index (χ0v) is 11.1. The fourth-order valence-electron chi connectivity index (χ4n) is 2.10. The topological polar surface area (TPSA) is 74.4 Å². The molecule has 1 amide bonds. The number of pyridine rings is 1. The molecule has 6 nitrogen and oxygen atoms in total. The first-order valence-corrected chi connectivity index (χ1v) is 6.45. The van der Waals surface area contributed by atoms with E-state index in [2.05, 4.69) is 15.2 Å². The normalized spacial score (nSPS) is 16.3. The summed E-state index contributed by atoms with van der Waals surface area (Å²) in [4.78, 5) is 28.3. The first-order valence-electron chi connectivity index (χ1n) is 6.45. The van der Waals surface area contributed by atoms with E-state index in [9.17, 15) is 9.59 Å². The number of H-pyrrole nitrogens is 1. The Morgan fingerprint density at radius 2 is 2.21 bits per heavy atom. The lowest BCUT2D eigenvalue weighted by molar-refractivity contribution is 0.0383. The van der Waals surface area contributed by atoms with Crippen LogP contribution in [0.25, 0.3) is 0 Å². The van der Waals surface area contributed by atoms with Crippen LogP contribution in [0.5, 0.6) is 0 Å². The molecule has 19 heavy (non-hydrogen) atoms. The van der Waals surface area contributed by atoms with E-state index in [0.717, 1.165) is 32.8 Å². The molecular formula is C13H19N3O3. The molecule has 2 heterocycles. The second-order valence-electron chi connectivity index (χ2n) is 4.57. The number of carbonyl (C=O) groups excluding carboxylic acids is 1. The Morgan fingerprint density at radius 3 is 2.89 bits per heavy atom. The van der Waals surface area contributed by atoms with Crippen LogP contribution in [-0.4, -0.2) is 55.2 Å². The van der Waals surface area contributed by atoms with Crippen LogP contribution in [0.15, 0.2) is 17.1 Å². The van der Waals surface area contributed by atoms with Crippen LogP contribution in [-0.2, 0) is 4.74 Å². The van der Waals surface area contributed by atoms with Gasteiger partial charge in [0, 0.05) is 32.4 Å². The van der Waals surface area contributed by atoms with Crippen molar-refractivity contribution in [2.24, 2.45) is 0 Å². The minimum Gasteiger partial charge on any atom is -0.379 e. The average Bonchev–Trinajstić information content (AvgIpc) is 2.40. The van der Waals surface area contributed by atoms with Crippen LogP contribution < -0.4 is 10.9 Å². The standard InChI is InChI=1S/C13H19N3O3/c1-10-2-3-14-12(17)11(10)13(18)15-4-5-16-6-8-19-9-7-16/h2-3H,4-9H2,1H3,(H,14,17)(H,15,18). The summed E-state index contributed by atoms with van der Waals surface area (Å²) in [6, 6.07) is 1.72. The van der Waals surface area contributed by atoms with Crippen LogP contribution in [0.4, 0.5) is 0 Å². The Kier molecular flexibility index (Phi) is 4.70. The predicted octanol–water partition coefficient (Wildman–Crippen LogP) is -0.255. The number of rotatable bonds is 4. The maximum Gasteiger partial charge on any atom is 0.261 e. The second kappa shape index (κ2) is 6.49. The molecule has 1 fully saturated rings. The van der Waals surface area contributed by atoms with Crippen LogP contribution in [0.1, 0.15) is 15.9 Å². The molecule has 0 spiro atoms. The zero-order valence-electron chi connectivity index (χ0n) is 11.1. The third-order valence-corrected chi connectivity index (χ3v) is 3.21. The van der Waals surface area contributed by atoms with E-state index >= 15 is 0 Å². The first-order chi connectivity index (χ1) is 9.18. The molecule has 0 atom stereocenters. The molecule has 2 N–H and O–H groups in total. The van der Waals surface area contributed by atoms with E-state index in [1.807, 2.05) is 0 Å². The Labute approximate surface area is 111 Å². The average molecular weight is 265 g/mol. The van der Waals surface area contributed by atoms with Crippen LogP contribution in [0.2, 0.25) is 0 Å². The number of hydrogen-bond acceptors (Lipinski definition) is 4. The Morgan fingerprint density at radius 1 is 1.47 bits per heavy atom. The molecular weight excluding hydrogens is 246 g/mol. The number of aryl methyl sites for hydroxylation is 1. The van der Waals surface area contributed by atoms with E-state index in [1.165, 1.54) is 0 Å². The molecule has 0 aromatic carbocycles. The summed E-state index contributed by atoms with van der Waals surface area (Å²) in [7, 11) is 0. The summed E-state index contributed by atoms with van der Waals surface area (Å²) in [5.41, 5.74) is 0.543. The lowest BCUT2D eigenvalue weighted by Gasteiger charge is -2.26. The number of carbonyl (C=O) groups is 1. The summed E-state index contributed by atoms with van der Waals surface area (Å²) >= 11 is 0. The summed E-state index contributed by atoms with van der Waals surface area (Å²) in [6.07, 6.45) is 1.54. The maximum atomic E-state index is 12.0. The van der Waals surface area contributed by atoms with E-state index in [0.29, 0.717) is 12.1 Å². The van der Waals surface area contributed by atoms with Gasteiger partial charge in [0.15, 0.2) is 0 Å². The first kappa shape index (κ1) is 13.8. The Bertz CT molecular complexity index is 492. The van der Waals surface area contributed by atoms with Gasteiger partial charge in [0.2, 0.25) is 0 Å². The lowest BCUT2D eigenvalue weighted by atomic mass is 10.1. The number of ether oxygens (including phenoxy) is 1. The number of amides is 1. The minimum atomic E-state index is -0.344. The molecule has 1 aliphatic rings. The molecule has 0 bridgehead atoms. The fourth-order valence-corrected chi connectivity index (χ4v) is 2.10. The number of nitrogens with zero attached hydrogens (tertiary/aromatic N) is 1. The van der Waals surface area contributed by atoms with E-state index in [4.69, 9.17) is 4.74 Å². The van der Waals surface area contributed by atoms with Crippen molar-refractivity contribution in [1.82, 2.24) is 15.2 Å². The van der Waals surface area contributed by atoms with Crippen molar-refractivity contribution < 1.29 is 9.53 Å². The van der Waals surface area contributed by atoms with Crippen LogP contribution in [0, 0.1) is 6.92 Å². The van der Waals surface area contributed by atoms with Gasteiger partial charge in [0.25, 0.3) is 11.5 Å². The van der Waals surface area contributed by atoms with Gasteiger partial charge in [-0.25, -0.2) is 0 Å². The molecule has 1 aliphatic heterocycles. The van der Waals surface area contributed by atoms with Crippen molar-refractivity contribution in [1.29, 1.82) is 0 Å². The van der Waals surface area contributed by atoms with Crippen LogP contribution in [0.3, 0.4) is 0 Å². The molecule has 104 valence electrons. The molecule has 1 aromatic rings. The largest absolute Gasteiger partial charge is 0.379 e. The number of hydrogen-bond donors (Lipinski definition) is 2. The van der Waals surface area contributed by atoms with Gasteiger partial charge in [0.1, 0.15) is 5.56 Å². The van der Waals surface area contributed by atoms with Gasteiger partial charge < -0.3 is 15.0 Å². The van der Waals surface area contributed by atoms with E-state index in [-0.39, 0.29) is 17.0 Å². The third-order valence-electron chi connectivity index (χ3n) is 3.21. The highest BCUT2D eigenvalue weighted by Crippen LogP contribution is 2.00. The highest BCUT2D eigenvalue weighted by atomic mass is 16.5. The van der Waals surface area contributed by atoms with Gasteiger partial charge in [-0.2, -0.15) is 0 Å². The highest BCUT2D eigenvalue weighted by molar-refractivity contribution is 5.95. The van der Waals surface area contributed by atoms with Gasteiger partial charge in [-0.05, 0) is 18.6 Å². The molecule has 0 radical (unpaired) electrons. The summed E-state index contributed by atoms with van der Waals surface area (Å²) in [5, 5.41) is 2.79. The monoisotopic (exact) mass is 265 g/mol. The minimum absolute atomic E-state index is 0.199. The zero-order chi connectivity index (χ0) is 13.7. The molecule has 0 unspecified atom stereocenters. The third kappa shape index (κ3) is 3.65. The van der Waals surface area contributed by atoms with Crippen molar-refractivity contribution in [3.8, 4) is 0 Å². The molecule has 0 aliphatic carbocycles. The quantitative estimate of drug-likeness (QED) is 0.787. The fraction of sp³-hybridized carbons (Fsp3) is 0.538. The number of aromatic nitrogens is 1. The Balaban J connectivity index is 1.85. The van der Waals surface area contributed by atoms with Gasteiger partial charge in [-0.1, -0.05) is 0 Å². The van der Waals surface area contributed by atoms with Crippen molar-refractivity contribution in [2.45, 2.75) is 6.92 Å². The van der Waals surface area contributed by atoms with Gasteiger partial charge in [0.05, 0.1) is 13.2 Å². The SMILES string of the molecule is Cc1cc[nH]c(=O)c1C(=O)NCCN1CCOCC1. The smallest absolute Gasteiger partial charge is 0.261 e. The molecule has 0 saturated carbocycles. The van der Waals surface area contributed by atoms with Crippen molar-refractivity contribution in [3.05, 3.63) is 33.7 Å². The molecule has 2 rings (SSSR count). The number of aromatic amines is 1. The van der Waals surface area contributed by atoms with E-state index in [1.54, 1.807) is 19.2 Å². The summed E-state index contributed by atoms with van der Waals surface area (Å²) in [5.74, 6) is -0.312. The number of nitrogens with one attached hydrogen (secondary N) is 2. The second-order valence-corrected chi connectivity index (χ2v) is 4.57.